The summed E-state index contributed by atoms with van der Waals surface area (Å²) in [7, 11) is -2.27. The lowest BCUT2D eigenvalue weighted by atomic mass is 10.1. The fourth-order valence-electron chi connectivity index (χ4n) is 3.10. The molecule has 1 N–H and O–H groups in total. The molecule has 0 saturated carbocycles. The lowest BCUT2D eigenvalue weighted by molar-refractivity contribution is -0.122. The van der Waals surface area contributed by atoms with Crippen LogP contribution >= 0.6 is 11.6 Å². The van der Waals surface area contributed by atoms with Crippen molar-refractivity contribution in [3.05, 3.63) is 58.6 Å². The Kier molecular flexibility index (Phi) is 7.54. The van der Waals surface area contributed by atoms with Crippen LogP contribution in [0.1, 0.15) is 37.4 Å². The Morgan fingerprint density at radius 1 is 1.21 bits per heavy atom. The predicted octanol–water partition coefficient (Wildman–Crippen LogP) is 4.08. The fraction of sp³-hybridized carbons (Fsp3) is 0.381. The normalized spacial score (nSPS) is 13.4. The molecule has 0 spiro atoms. The first-order valence-corrected chi connectivity index (χ1v) is 11.5. The molecule has 0 aliphatic heterocycles. The molecule has 6 nitrogen and oxygen atoms in total. The molecule has 2 aromatic rings. The molecule has 2 rings (SSSR count). The lowest BCUT2D eigenvalue weighted by Gasteiger charge is -2.31. The summed E-state index contributed by atoms with van der Waals surface area (Å²) >= 11 is 6.18. The zero-order chi connectivity index (χ0) is 21.8. The van der Waals surface area contributed by atoms with Crippen molar-refractivity contribution in [1.29, 1.82) is 0 Å². The largest absolute Gasteiger partial charge is 0.495 e. The van der Waals surface area contributed by atoms with Gasteiger partial charge in [-0.05, 0) is 44.0 Å². The SMILES string of the molecule is CC[C@@H](C(=O)N[C@@H](C)c1ccc(C)cc1)N(c1ccc(OC)c(Cl)c1)S(C)(=O)=O. The Morgan fingerprint density at radius 2 is 1.83 bits per heavy atom. The van der Waals surface area contributed by atoms with Crippen molar-refractivity contribution in [1.82, 2.24) is 5.32 Å². The number of hydrogen-bond donors (Lipinski definition) is 1. The number of halogens is 1. The van der Waals surface area contributed by atoms with Gasteiger partial charge in [0.15, 0.2) is 0 Å². The van der Waals surface area contributed by atoms with Crippen molar-refractivity contribution in [2.75, 3.05) is 17.7 Å². The van der Waals surface area contributed by atoms with Crippen LogP contribution in [-0.2, 0) is 14.8 Å². The second kappa shape index (κ2) is 9.50. The van der Waals surface area contributed by atoms with Crippen molar-refractivity contribution >= 4 is 33.2 Å². The van der Waals surface area contributed by atoms with Crippen LogP contribution in [0.4, 0.5) is 5.69 Å². The van der Waals surface area contributed by atoms with Crippen LogP contribution < -0.4 is 14.4 Å². The van der Waals surface area contributed by atoms with E-state index in [1.165, 1.54) is 13.2 Å². The van der Waals surface area contributed by atoms with E-state index < -0.39 is 16.1 Å². The number of nitrogens with zero attached hydrogens (tertiary/aromatic N) is 1. The first kappa shape index (κ1) is 23.0. The van der Waals surface area contributed by atoms with E-state index in [0.29, 0.717) is 17.9 Å². The Balaban J connectivity index is 2.34. The Morgan fingerprint density at radius 3 is 2.31 bits per heavy atom. The van der Waals surface area contributed by atoms with Gasteiger partial charge in [0.25, 0.3) is 0 Å². The van der Waals surface area contributed by atoms with Gasteiger partial charge in [0.1, 0.15) is 11.8 Å². The highest BCUT2D eigenvalue weighted by Gasteiger charge is 2.32. The molecule has 8 heteroatoms. The van der Waals surface area contributed by atoms with E-state index in [9.17, 15) is 13.2 Å². The number of carbonyl (C=O) groups is 1. The van der Waals surface area contributed by atoms with E-state index in [1.807, 2.05) is 38.1 Å². The number of nitrogens with one attached hydrogen (secondary N) is 1. The van der Waals surface area contributed by atoms with Gasteiger partial charge >= 0.3 is 0 Å². The molecular formula is C21H27ClN2O4S. The number of hydrogen-bond acceptors (Lipinski definition) is 4. The number of sulfonamides is 1. The van der Waals surface area contributed by atoms with Crippen molar-refractivity contribution in [3.8, 4) is 5.75 Å². The van der Waals surface area contributed by atoms with Gasteiger partial charge in [0.2, 0.25) is 15.9 Å². The van der Waals surface area contributed by atoms with Gasteiger partial charge in [-0.25, -0.2) is 8.42 Å². The van der Waals surface area contributed by atoms with Crippen LogP contribution in [0.15, 0.2) is 42.5 Å². The summed E-state index contributed by atoms with van der Waals surface area (Å²) in [5.74, 6) is 0.0484. The van der Waals surface area contributed by atoms with Crippen molar-refractivity contribution in [3.63, 3.8) is 0 Å². The third-order valence-corrected chi connectivity index (χ3v) is 6.13. The van der Waals surface area contributed by atoms with Crippen molar-refractivity contribution in [2.24, 2.45) is 0 Å². The third kappa shape index (κ3) is 5.64. The second-order valence-electron chi connectivity index (χ2n) is 6.94. The number of carbonyl (C=O) groups excluding carboxylic acids is 1. The van der Waals surface area contributed by atoms with Gasteiger partial charge in [0, 0.05) is 0 Å². The van der Waals surface area contributed by atoms with Gasteiger partial charge in [-0.1, -0.05) is 48.4 Å². The molecule has 0 saturated heterocycles. The molecule has 2 aromatic carbocycles. The number of benzene rings is 2. The van der Waals surface area contributed by atoms with Crippen LogP contribution in [0.5, 0.6) is 5.75 Å². The number of amides is 1. The number of rotatable bonds is 8. The van der Waals surface area contributed by atoms with E-state index in [4.69, 9.17) is 16.3 Å². The number of ether oxygens (including phenoxy) is 1. The maximum atomic E-state index is 13.0. The molecule has 158 valence electrons. The first-order valence-electron chi connectivity index (χ1n) is 9.28. The summed E-state index contributed by atoms with van der Waals surface area (Å²) in [5.41, 5.74) is 2.37. The molecule has 0 bridgehead atoms. The topological polar surface area (TPSA) is 75.7 Å². The monoisotopic (exact) mass is 438 g/mol. The quantitative estimate of drug-likeness (QED) is 0.673. The smallest absolute Gasteiger partial charge is 0.244 e. The van der Waals surface area contributed by atoms with Crippen LogP contribution in [0.25, 0.3) is 0 Å². The van der Waals surface area contributed by atoms with Crippen LogP contribution in [0, 0.1) is 6.92 Å². The Labute approximate surface area is 177 Å². The zero-order valence-corrected chi connectivity index (χ0v) is 18.8. The number of aryl methyl sites for hydroxylation is 1. The molecule has 0 fully saturated rings. The Bertz CT molecular complexity index is 961. The van der Waals surface area contributed by atoms with Crippen LogP contribution in [0.3, 0.4) is 0 Å². The lowest BCUT2D eigenvalue weighted by Crippen LogP contribution is -2.49. The van der Waals surface area contributed by atoms with Gasteiger partial charge in [0.05, 0.1) is 30.1 Å². The summed E-state index contributed by atoms with van der Waals surface area (Å²) in [4.78, 5) is 13.0. The molecule has 0 unspecified atom stereocenters. The average molecular weight is 439 g/mol. The molecule has 0 aliphatic rings. The zero-order valence-electron chi connectivity index (χ0n) is 17.3. The highest BCUT2D eigenvalue weighted by molar-refractivity contribution is 7.92. The minimum absolute atomic E-state index is 0.266. The fourth-order valence-corrected chi connectivity index (χ4v) is 4.56. The number of methoxy groups -OCH3 is 1. The minimum atomic E-state index is -3.74. The molecule has 0 aromatic heterocycles. The van der Waals surface area contributed by atoms with Gasteiger partial charge in [-0.3, -0.25) is 9.10 Å². The molecule has 0 radical (unpaired) electrons. The summed E-state index contributed by atoms with van der Waals surface area (Å²) in [6.07, 6.45) is 1.37. The van der Waals surface area contributed by atoms with Gasteiger partial charge < -0.3 is 10.1 Å². The maximum Gasteiger partial charge on any atom is 0.244 e. The standard InChI is InChI=1S/C21H27ClN2O4S/c1-6-19(21(25)23-15(3)16-9-7-14(2)8-10-16)24(29(5,26)27)17-11-12-20(28-4)18(22)13-17/h7-13,15,19H,6H2,1-5H3,(H,23,25)/t15-,19-/m0/s1. The molecule has 0 heterocycles. The Hall–Kier alpha value is -2.25. The average Bonchev–Trinajstić information content (AvgIpc) is 2.65. The van der Waals surface area contributed by atoms with E-state index in [1.54, 1.807) is 19.1 Å². The first-order chi connectivity index (χ1) is 13.6. The van der Waals surface area contributed by atoms with E-state index in [-0.39, 0.29) is 17.0 Å². The number of anilines is 1. The summed E-state index contributed by atoms with van der Waals surface area (Å²) in [6.45, 7) is 5.62. The minimum Gasteiger partial charge on any atom is -0.495 e. The summed E-state index contributed by atoms with van der Waals surface area (Å²) < 4.78 is 31.4. The van der Waals surface area contributed by atoms with Gasteiger partial charge in [-0.2, -0.15) is 0 Å². The van der Waals surface area contributed by atoms with Crippen LogP contribution in [0.2, 0.25) is 5.02 Å². The summed E-state index contributed by atoms with van der Waals surface area (Å²) in [6, 6.07) is 11.3. The highest BCUT2D eigenvalue weighted by Crippen LogP contribution is 2.32. The van der Waals surface area contributed by atoms with E-state index >= 15 is 0 Å². The molecule has 1 amide bonds. The van der Waals surface area contributed by atoms with Crippen molar-refractivity contribution < 1.29 is 17.9 Å². The second-order valence-corrected chi connectivity index (χ2v) is 9.21. The third-order valence-electron chi connectivity index (χ3n) is 4.66. The molecule has 2 atom stereocenters. The molecule has 0 aliphatic carbocycles. The molecule has 29 heavy (non-hydrogen) atoms. The molecular weight excluding hydrogens is 412 g/mol. The predicted molar refractivity (Wildman–Crippen MR) is 117 cm³/mol. The van der Waals surface area contributed by atoms with E-state index in [2.05, 4.69) is 5.32 Å². The highest BCUT2D eigenvalue weighted by atomic mass is 35.5. The van der Waals surface area contributed by atoms with Crippen LogP contribution in [-0.4, -0.2) is 33.7 Å². The van der Waals surface area contributed by atoms with E-state index in [0.717, 1.165) is 21.7 Å². The van der Waals surface area contributed by atoms with Gasteiger partial charge in [-0.15, -0.1) is 0 Å². The van der Waals surface area contributed by atoms with Crippen molar-refractivity contribution in [2.45, 2.75) is 39.3 Å². The maximum absolute atomic E-state index is 13.0. The summed E-state index contributed by atoms with van der Waals surface area (Å²) in [5, 5.41) is 3.19.